The lowest BCUT2D eigenvalue weighted by Crippen LogP contribution is -1.93. The highest BCUT2D eigenvalue weighted by atomic mass is 16.6. The molecule has 0 amide bonds. The van der Waals surface area contributed by atoms with E-state index in [1.54, 1.807) is 12.1 Å². The summed E-state index contributed by atoms with van der Waals surface area (Å²) in [7, 11) is 0. The van der Waals surface area contributed by atoms with E-state index in [9.17, 15) is 0 Å². The van der Waals surface area contributed by atoms with Crippen molar-refractivity contribution in [3.05, 3.63) is 30.3 Å². The van der Waals surface area contributed by atoms with Crippen LogP contribution in [0, 0.1) is 0 Å². The highest BCUT2D eigenvalue weighted by Gasteiger charge is 1.84. The van der Waals surface area contributed by atoms with Gasteiger partial charge in [0, 0.05) is 0 Å². The lowest BCUT2D eigenvalue weighted by molar-refractivity contribution is 0.0985. The van der Waals surface area contributed by atoms with Gasteiger partial charge in [0.1, 0.15) is 5.75 Å². The maximum Gasteiger partial charge on any atom is 0.186 e. The first-order chi connectivity index (χ1) is 5.43. The van der Waals surface area contributed by atoms with E-state index in [-0.39, 0.29) is 21.6 Å². The lowest BCUT2D eigenvalue weighted by Gasteiger charge is -1.98. The van der Waals surface area contributed by atoms with Gasteiger partial charge in [-0.15, -0.1) is 0 Å². The van der Waals surface area contributed by atoms with Crippen LogP contribution in [0.5, 0.6) is 5.75 Å². The SMILES string of the molecule is C.C.CC.OCOc1ccccc1. The van der Waals surface area contributed by atoms with Crippen LogP contribution in [0.4, 0.5) is 0 Å². The summed E-state index contributed by atoms with van der Waals surface area (Å²) in [5, 5.41) is 8.30. The average Bonchev–Trinajstić information content (AvgIpc) is 2.11. The second kappa shape index (κ2) is 13.6. The van der Waals surface area contributed by atoms with Crippen molar-refractivity contribution in [2.45, 2.75) is 28.7 Å². The molecular weight excluding hydrogens is 164 g/mol. The minimum atomic E-state index is -0.260. The number of para-hydroxylation sites is 1. The molecule has 1 aromatic carbocycles. The third kappa shape index (κ3) is 8.89. The Bertz CT molecular complexity index is 161. The quantitative estimate of drug-likeness (QED) is 0.718. The summed E-state index contributed by atoms with van der Waals surface area (Å²) in [6, 6.07) is 9.17. The standard InChI is InChI=1S/C7H8O2.C2H6.2CH4/c8-6-9-7-4-2-1-3-5-7;1-2;;/h1-5,8H,6H2;1-2H3;2*1H4. The first-order valence-corrected chi connectivity index (χ1v) is 3.72. The van der Waals surface area contributed by atoms with E-state index in [4.69, 9.17) is 9.84 Å². The molecular formula is C11H22O2. The van der Waals surface area contributed by atoms with Crippen molar-refractivity contribution in [2.75, 3.05) is 6.79 Å². The molecule has 1 aromatic rings. The van der Waals surface area contributed by atoms with Gasteiger partial charge in [-0.25, -0.2) is 0 Å². The first-order valence-electron chi connectivity index (χ1n) is 3.72. The van der Waals surface area contributed by atoms with Gasteiger partial charge in [0.2, 0.25) is 0 Å². The predicted octanol–water partition coefficient (Wildman–Crippen LogP) is 3.31. The van der Waals surface area contributed by atoms with E-state index >= 15 is 0 Å². The molecule has 0 spiro atoms. The molecule has 2 nitrogen and oxygen atoms in total. The van der Waals surface area contributed by atoms with Gasteiger partial charge in [-0.3, -0.25) is 0 Å². The van der Waals surface area contributed by atoms with Crippen molar-refractivity contribution >= 4 is 0 Å². The Labute approximate surface area is 82.2 Å². The molecule has 0 radical (unpaired) electrons. The number of benzene rings is 1. The Morgan fingerprint density at radius 1 is 1.08 bits per heavy atom. The maximum absolute atomic E-state index is 8.30. The molecule has 0 bridgehead atoms. The summed E-state index contributed by atoms with van der Waals surface area (Å²) < 4.78 is 4.76. The van der Waals surface area contributed by atoms with Gasteiger partial charge >= 0.3 is 0 Å². The Hall–Kier alpha value is -1.02. The minimum absolute atomic E-state index is 0. The number of ether oxygens (including phenoxy) is 1. The van der Waals surface area contributed by atoms with Gasteiger partial charge in [0.15, 0.2) is 6.79 Å². The molecule has 0 heterocycles. The largest absolute Gasteiger partial charge is 0.468 e. The van der Waals surface area contributed by atoms with Gasteiger partial charge < -0.3 is 9.84 Å². The van der Waals surface area contributed by atoms with Gasteiger partial charge in [0.25, 0.3) is 0 Å². The molecule has 0 saturated carbocycles. The lowest BCUT2D eigenvalue weighted by atomic mass is 10.3. The molecule has 0 aromatic heterocycles. The normalized spacial score (nSPS) is 6.69. The van der Waals surface area contributed by atoms with Crippen LogP contribution in [0.3, 0.4) is 0 Å². The molecule has 78 valence electrons. The van der Waals surface area contributed by atoms with Gasteiger partial charge in [0.05, 0.1) is 0 Å². The van der Waals surface area contributed by atoms with Crippen LogP contribution in [0.15, 0.2) is 30.3 Å². The van der Waals surface area contributed by atoms with Gasteiger partial charge in [-0.2, -0.15) is 0 Å². The third-order valence-corrected chi connectivity index (χ3v) is 0.974. The summed E-state index contributed by atoms with van der Waals surface area (Å²) in [4.78, 5) is 0. The Balaban J connectivity index is -0.000000234. The fourth-order valence-electron chi connectivity index (χ4n) is 0.591. The van der Waals surface area contributed by atoms with Crippen LogP contribution >= 0.6 is 0 Å². The van der Waals surface area contributed by atoms with E-state index in [0.717, 1.165) is 0 Å². The third-order valence-electron chi connectivity index (χ3n) is 0.974. The topological polar surface area (TPSA) is 29.5 Å². The summed E-state index contributed by atoms with van der Waals surface area (Å²) >= 11 is 0. The summed E-state index contributed by atoms with van der Waals surface area (Å²) in [6.45, 7) is 3.74. The molecule has 0 aliphatic carbocycles. The van der Waals surface area contributed by atoms with Crippen LogP contribution in [0.1, 0.15) is 28.7 Å². The Kier molecular flexibility index (Phi) is 18.7. The Morgan fingerprint density at radius 3 is 1.92 bits per heavy atom. The van der Waals surface area contributed by atoms with Crippen molar-refractivity contribution in [3.63, 3.8) is 0 Å². The smallest absolute Gasteiger partial charge is 0.186 e. The molecule has 13 heavy (non-hydrogen) atoms. The zero-order valence-corrected chi connectivity index (χ0v) is 6.95. The summed E-state index contributed by atoms with van der Waals surface area (Å²) in [6.07, 6.45) is 0. The Morgan fingerprint density at radius 2 is 1.54 bits per heavy atom. The predicted molar refractivity (Wildman–Crippen MR) is 59.0 cm³/mol. The minimum Gasteiger partial charge on any atom is -0.468 e. The van der Waals surface area contributed by atoms with Crippen LogP contribution in [-0.2, 0) is 0 Å². The fraction of sp³-hybridized carbons (Fsp3) is 0.455. The van der Waals surface area contributed by atoms with Crippen molar-refractivity contribution in [1.82, 2.24) is 0 Å². The van der Waals surface area contributed by atoms with Crippen LogP contribution in [0.2, 0.25) is 0 Å². The van der Waals surface area contributed by atoms with Gasteiger partial charge in [-0.1, -0.05) is 46.9 Å². The monoisotopic (exact) mass is 186 g/mol. The number of hydrogen-bond donors (Lipinski definition) is 1. The van der Waals surface area contributed by atoms with E-state index in [0.29, 0.717) is 5.75 Å². The molecule has 0 aliphatic rings. The molecule has 0 unspecified atom stereocenters. The van der Waals surface area contributed by atoms with Crippen molar-refractivity contribution < 1.29 is 9.84 Å². The zero-order chi connectivity index (χ0) is 8.53. The number of rotatable bonds is 2. The molecule has 2 heteroatoms. The van der Waals surface area contributed by atoms with Crippen molar-refractivity contribution in [2.24, 2.45) is 0 Å². The summed E-state index contributed by atoms with van der Waals surface area (Å²) in [5.41, 5.74) is 0. The molecule has 1 rings (SSSR count). The number of aliphatic hydroxyl groups excluding tert-OH is 1. The van der Waals surface area contributed by atoms with Crippen molar-refractivity contribution in [1.29, 1.82) is 0 Å². The second-order valence-electron chi connectivity index (χ2n) is 1.59. The molecule has 0 fully saturated rings. The molecule has 0 atom stereocenters. The van der Waals surface area contributed by atoms with Crippen LogP contribution in [-0.4, -0.2) is 11.9 Å². The number of aliphatic hydroxyl groups is 1. The molecule has 0 aliphatic heterocycles. The fourth-order valence-corrected chi connectivity index (χ4v) is 0.591. The number of hydrogen-bond acceptors (Lipinski definition) is 2. The zero-order valence-electron chi connectivity index (χ0n) is 6.95. The maximum atomic E-state index is 8.30. The highest BCUT2D eigenvalue weighted by Crippen LogP contribution is 2.06. The molecule has 0 saturated heterocycles. The highest BCUT2D eigenvalue weighted by molar-refractivity contribution is 5.20. The van der Waals surface area contributed by atoms with Crippen molar-refractivity contribution in [3.8, 4) is 5.75 Å². The summed E-state index contributed by atoms with van der Waals surface area (Å²) in [5.74, 6) is 0.694. The van der Waals surface area contributed by atoms with E-state index in [1.165, 1.54) is 0 Å². The first kappa shape index (κ1) is 17.9. The molecule has 1 N–H and O–H groups in total. The van der Waals surface area contributed by atoms with Gasteiger partial charge in [-0.05, 0) is 12.1 Å². The van der Waals surface area contributed by atoms with Crippen LogP contribution < -0.4 is 4.74 Å². The second-order valence-corrected chi connectivity index (χ2v) is 1.59. The van der Waals surface area contributed by atoms with E-state index < -0.39 is 0 Å². The van der Waals surface area contributed by atoms with E-state index in [2.05, 4.69) is 0 Å². The van der Waals surface area contributed by atoms with Crippen LogP contribution in [0.25, 0.3) is 0 Å². The average molecular weight is 186 g/mol. The van der Waals surface area contributed by atoms with E-state index in [1.807, 2.05) is 32.0 Å².